The Bertz CT molecular complexity index is 957. The van der Waals surface area contributed by atoms with Crippen LogP contribution in [0.25, 0.3) is 11.3 Å². The molecule has 0 bridgehead atoms. The third-order valence-corrected chi connectivity index (χ3v) is 5.79. The van der Waals surface area contributed by atoms with Crippen LogP contribution >= 0.6 is 27.7 Å². The van der Waals surface area contributed by atoms with Gasteiger partial charge in [-0.25, -0.2) is 0 Å². The van der Waals surface area contributed by atoms with E-state index in [-0.39, 0.29) is 6.23 Å². The highest BCUT2D eigenvalue weighted by atomic mass is 79.9. The number of nitrogens with one attached hydrogen (secondary N) is 1. The van der Waals surface area contributed by atoms with E-state index in [2.05, 4.69) is 48.3 Å². The second kappa shape index (κ2) is 8.87. The molecule has 0 fully saturated rings. The van der Waals surface area contributed by atoms with Gasteiger partial charge >= 0.3 is 0 Å². The topological polar surface area (TPSA) is 72.8 Å². The second-order valence-electron chi connectivity index (χ2n) is 6.42. The van der Waals surface area contributed by atoms with Crippen molar-refractivity contribution >= 4 is 33.4 Å². The molecule has 28 heavy (non-hydrogen) atoms. The summed E-state index contributed by atoms with van der Waals surface area (Å²) in [5.74, 6) is 1.46. The maximum atomic E-state index is 6.25. The molecule has 3 heterocycles. The second-order valence-corrected chi connectivity index (χ2v) is 8.39. The van der Waals surface area contributed by atoms with Gasteiger partial charge in [0.2, 0.25) is 11.0 Å². The number of nitrogens with zero attached hydrogens (tertiary/aromatic N) is 4. The molecule has 2 aromatic heterocycles. The summed E-state index contributed by atoms with van der Waals surface area (Å²) in [4.78, 5) is 8.77. The first kappa shape index (κ1) is 19.1. The van der Waals surface area contributed by atoms with E-state index in [1.165, 1.54) is 12.8 Å². The quantitative estimate of drug-likeness (QED) is 0.387. The van der Waals surface area contributed by atoms with Crippen molar-refractivity contribution in [1.82, 2.24) is 20.2 Å². The van der Waals surface area contributed by atoms with Crippen LogP contribution in [0.5, 0.6) is 5.88 Å². The molecular formula is C20H20BrN5OS. The lowest BCUT2D eigenvalue weighted by Gasteiger charge is -2.19. The minimum atomic E-state index is -0.390. The molecule has 0 amide bonds. The van der Waals surface area contributed by atoms with E-state index in [1.54, 1.807) is 24.2 Å². The van der Waals surface area contributed by atoms with Gasteiger partial charge in [-0.3, -0.25) is 4.98 Å². The molecule has 144 valence electrons. The molecule has 1 unspecified atom stereocenters. The van der Waals surface area contributed by atoms with Gasteiger partial charge in [-0.1, -0.05) is 47.5 Å². The molecule has 1 atom stereocenters. The lowest BCUT2D eigenvalue weighted by Crippen LogP contribution is -2.17. The number of unbranched alkanes of at least 4 members (excludes halogenated alkanes) is 2. The molecule has 0 saturated heterocycles. The normalized spacial score (nSPS) is 15.0. The summed E-state index contributed by atoms with van der Waals surface area (Å²) < 4.78 is 7.21. The fourth-order valence-electron chi connectivity index (χ4n) is 2.94. The Kier molecular flexibility index (Phi) is 6.07. The van der Waals surface area contributed by atoms with Gasteiger partial charge < -0.3 is 10.1 Å². The summed E-state index contributed by atoms with van der Waals surface area (Å²) in [7, 11) is 0. The van der Waals surface area contributed by atoms with Crippen LogP contribution in [-0.4, -0.2) is 25.9 Å². The van der Waals surface area contributed by atoms with E-state index in [0.29, 0.717) is 16.7 Å². The first-order valence-corrected chi connectivity index (χ1v) is 11.0. The fourth-order valence-corrected chi connectivity index (χ4v) is 4.07. The molecule has 0 radical (unpaired) electrons. The SMILES string of the molecule is CCCCCSc1nnc2c(n1)OC(c1ccncc1)Nc1ccc(Br)cc1-2. The number of hydrogen-bond donors (Lipinski definition) is 1. The largest absolute Gasteiger partial charge is 0.448 e. The molecule has 6 nitrogen and oxygen atoms in total. The van der Waals surface area contributed by atoms with E-state index >= 15 is 0 Å². The Hall–Kier alpha value is -2.19. The van der Waals surface area contributed by atoms with Crippen molar-refractivity contribution in [2.45, 2.75) is 37.6 Å². The van der Waals surface area contributed by atoms with Crippen molar-refractivity contribution in [2.24, 2.45) is 0 Å². The molecule has 1 N–H and O–H groups in total. The van der Waals surface area contributed by atoms with Gasteiger partial charge in [0.25, 0.3) is 0 Å². The number of pyridine rings is 1. The Balaban J connectivity index is 1.71. The predicted molar refractivity (Wildman–Crippen MR) is 114 cm³/mol. The van der Waals surface area contributed by atoms with Gasteiger partial charge in [-0.2, -0.15) is 4.98 Å². The van der Waals surface area contributed by atoms with Crippen LogP contribution in [0.1, 0.15) is 38.0 Å². The van der Waals surface area contributed by atoms with Gasteiger partial charge in [0, 0.05) is 39.4 Å². The number of anilines is 1. The van der Waals surface area contributed by atoms with Crippen molar-refractivity contribution in [3.8, 4) is 17.1 Å². The average Bonchev–Trinajstić information content (AvgIpc) is 2.88. The molecule has 1 aliphatic heterocycles. The van der Waals surface area contributed by atoms with Crippen LogP contribution in [0.4, 0.5) is 5.69 Å². The van der Waals surface area contributed by atoms with Crippen molar-refractivity contribution in [3.05, 3.63) is 52.8 Å². The van der Waals surface area contributed by atoms with Crippen molar-refractivity contribution in [3.63, 3.8) is 0 Å². The van der Waals surface area contributed by atoms with Gasteiger partial charge in [0.1, 0.15) is 0 Å². The minimum absolute atomic E-state index is 0.390. The highest BCUT2D eigenvalue weighted by Gasteiger charge is 2.26. The zero-order valence-corrected chi connectivity index (χ0v) is 17.8. The number of hydrogen-bond acceptors (Lipinski definition) is 7. The van der Waals surface area contributed by atoms with Crippen LogP contribution in [0.2, 0.25) is 0 Å². The third kappa shape index (κ3) is 4.28. The van der Waals surface area contributed by atoms with E-state index < -0.39 is 0 Å². The molecule has 8 heteroatoms. The number of fused-ring (bicyclic) bond motifs is 3. The van der Waals surface area contributed by atoms with Crippen molar-refractivity contribution < 1.29 is 4.74 Å². The summed E-state index contributed by atoms with van der Waals surface area (Å²) in [6.45, 7) is 2.20. The Morgan fingerprint density at radius 3 is 2.82 bits per heavy atom. The van der Waals surface area contributed by atoms with E-state index in [9.17, 15) is 0 Å². The zero-order chi connectivity index (χ0) is 19.3. The maximum absolute atomic E-state index is 6.25. The molecule has 4 rings (SSSR count). The van der Waals surface area contributed by atoms with Crippen LogP contribution in [0.3, 0.4) is 0 Å². The number of ether oxygens (including phenoxy) is 1. The van der Waals surface area contributed by atoms with Gasteiger partial charge in [-0.05, 0) is 36.8 Å². The van der Waals surface area contributed by atoms with Crippen molar-refractivity contribution in [1.29, 1.82) is 0 Å². The van der Waals surface area contributed by atoms with Crippen LogP contribution in [0.15, 0.2) is 52.4 Å². The summed E-state index contributed by atoms with van der Waals surface area (Å²) in [5.41, 5.74) is 3.43. The number of thioether (sulfide) groups is 1. The van der Waals surface area contributed by atoms with Crippen LogP contribution < -0.4 is 10.1 Å². The summed E-state index contributed by atoms with van der Waals surface area (Å²) >= 11 is 5.16. The number of rotatable bonds is 6. The predicted octanol–water partition coefficient (Wildman–Crippen LogP) is 5.48. The number of benzene rings is 1. The van der Waals surface area contributed by atoms with Crippen LogP contribution in [-0.2, 0) is 0 Å². The van der Waals surface area contributed by atoms with Gasteiger partial charge in [0.05, 0.1) is 0 Å². The molecule has 0 saturated carbocycles. The monoisotopic (exact) mass is 457 g/mol. The summed E-state index contributed by atoms with van der Waals surface area (Å²) in [5, 5.41) is 12.9. The average molecular weight is 458 g/mol. The Labute approximate surface area is 176 Å². The first-order chi connectivity index (χ1) is 13.7. The Morgan fingerprint density at radius 1 is 1.14 bits per heavy atom. The smallest absolute Gasteiger partial charge is 0.247 e. The van der Waals surface area contributed by atoms with E-state index in [4.69, 9.17) is 4.74 Å². The molecule has 1 aromatic carbocycles. The van der Waals surface area contributed by atoms with Gasteiger partial charge in [0.15, 0.2) is 11.9 Å². The Morgan fingerprint density at radius 2 is 2.00 bits per heavy atom. The minimum Gasteiger partial charge on any atom is -0.448 e. The van der Waals surface area contributed by atoms with E-state index in [0.717, 1.165) is 33.5 Å². The maximum Gasteiger partial charge on any atom is 0.247 e. The molecular weight excluding hydrogens is 438 g/mol. The number of halogens is 1. The van der Waals surface area contributed by atoms with Crippen LogP contribution in [0, 0.1) is 0 Å². The van der Waals surface area contributed by atoms with Crippen molar-refractivity contribution in [2.75, 3.05) is 11.1 Å². The lowest BCUT2D eigenvalue weighted by atomic mass is 10.1. The standard InChI is InChI=1S/C20H20BrN5OS/c1-2-3-4-11-28-20-24-19-17(25-26-20)15-12-14(21)5-6-16(15)23-18(27-19)13-7-9-22-10-8-13/h5-10,12,18,23H,2-4,11H2,1H3. The molecule has 3 aromatic rings. The third-order valence-electron chi connectivity index (χ3n) is 4.38. The lowest BCUT2D eigenvalue weighted by molar-refractivity contribution is 0.225. The fraction of sp³-hybridized carbons (Fsp3) is 0.300. The first-order valence-electron chi connectivity index (χ1n) is 9.25. The molecule has 0 spiro atoms. The highest BCUT2D eigenvalue weighted by molar-refractivity contribution is 9.10. The highest BCUT2D eigenvalue weighted by Crippen LogP contribution is 2.40. The summed E-state index contributed by atoms with van der Waals surface area (Å²) in [6, 6.07) is 9.84. The molecule has 1 aliphatic rings. The van der Waals surface area contributed by atoms with E-state index in [1.807, 2.05) is 30.3 Å². The zero-order valence-electron chi connectivity index (χ0n) is 15.4. The van der Waals surface area contributed by atoms with Gasteiger partial charge in [-0.15, -0.1) is 10.2 Å². The summed E-state index contributed by atoms with van der Waals surface area (Å²) in [6.07, 6.45) is 6.65. The number of aromatic nitrogens is 4. The molecule has 0 aliphatic carbocycles.